The Morgan fingerprint density at radius 1 is 1.62 bits per heavy atom. The van der Waals surface area contributed by atoms with Crippen molar-refractivity contribution in [1.29, 1.82) is 0 Å². The zero-order valence-electron chi connectivity index (χ0n) is 7.86. The molecule has 0 aromatic carbocycles. The van der Waals surface area contributed by atoms with E-state index in [-0.39, 0.29) is 5.89 Å². The third-order valence-corrected chi connectivity index (χ3v) is 1.59. The minimum absolute atomic E-state index is 0.271. The van der Waals surface area contributed by atoms with Crippen LogP contribution in [-0.4, -0.2) is 29.0 Å². The fourth-order valence-electron chi connectivity index (χ4n) is 0.913. The molecule has 74 valence electrons. The van der Waals surface area contributed by atoms with Gasteiger partial charge in [-0.05, 0) is 13.3 Å². The van der Waals surface area contributed by atoms with E-state index in [0.717, 1.165) is 6.42 Å². The second-order valence-corrected chi connectivity index (χ2v) is 2.82. The summed E-state index contributed by atoms with van der Waals surface area (Å²) in [6.07, 6.45) is 0.878. The van der Waals surface area contributed by atoms with Crippen molar-refractivity contribution in [3.05, 3.63) is 11.7 Å². The molecule has 1 heterocycles. The van der Waals surface area contributed by atoms with E-state index in [2.05, 4.69) is 10.1 Å². The molecule has 0 saturated heterocycles. The number of hydrogen-bond donors (Lipinski definition) is 1. The lowest BCUT2D eigenvalue weighted by Gasteiger charge is -1.94. The van der Waals surface area contributed by atoms with Crippen molar-refractivity contribution in [2.45, 2.75) is 25.9 Å². The highest BCUT2D eigenvalue weighted by molar-refractivity contribution is 4.88. The first kappa shape index (κ1) is 10.1. The van der Waals surface area contributed by atoms with Crippen molar-refractivity contribution >= 4 is 0 Å². The standard InChI is InChI=1S/C8H14N2O3/c1-6(11)8-9-7(10-13-8)4-3-5-12-2/h6,11H,3-5H2,1-2H3. The average Bonchev–Trinajstić information content (AvgIpc) is 2.53. The Morgan fingerprint density at radius 2 is 2.38 bits per heavy atom. The van der Waals surface area contributed by atoms with Crippen molar-refractivity contribution in [2.24, 2.45) is 0 Å². The van der Waals surface area contributed by atoms with Crippen LogP contribution in [0, 0.1) is 0 Å². The molecule has 5 heteroatoms. The van der Waals surface area contributed by atoms with Crippen molar-refractivity contribution in [3.63, 3.8) is 0 Å². The van der Waals surface area contributed by atoms with Gasteiger partial charge in [-0.15, -0.1) is 0 Å². The quantitative estimate of drug-likeness (QED) is 0.685. The second-order valence-electron chi connectivity index (χ2n) is 2.82. The highest BCUT2D eigenvalue weighted by atomic mass is 16.5. The number of nitrogens with zero attached hydrogens (tertiary/aromatic N) is 2. The first-order valence-corrected chi connectivity index (χ1v) is 4.23. The molecular formula is C8H14N2O3. The first-order chi connectivity index (χ1) is 6.24. The summed E-state index contributed by atoms with van der Waals surface area (Å²) in [6.45, 7) is 2.27. The Morgan fingerprint density at radius 3 is 2.92 bits per heavy atom. The summed E-state index contributed by atoms with van der Waals surface area (Å²) in [4.78, 5) is 4.00. The molecule has 0 aliphatic carbocycles. The fraction of sp³-hybridized carbons (Fsp3) is 0.750. The van der Waals surface area contributed by atoms with E-state index in [1.54, 1.807) is 14.0 Å². The molecule has 1 aromatic heterocycles. The van der Waals surface area contributed by atoms with Gasteiger partial charge in [-0.1, -0.05) is 5.16 Å². The molecule has 1 N–H and O–H groups in total. The van der Waals surface area contributed by atoms with Gasteiger partial charge in [0.15, 0.2) is 5.82 Å². The number of aryl methyl sites for hydroxylation is 1. The Balaban J connectivity index is 2.40. The minimum Gasteiger partial charge on any atom is -0.385 e. The largest absolute Gasteiger partial charge is 0.385 e. The summed E-state index contributed by atoms with van der Waals surface area (Å²) < 4.78 is 9.69. The summed E-state index contributed by atoms with van der Waals surface area (Å²) in [5.74, 6) is 0.889. The van der Waals surface area contributed by atoms with E-state index in [0.29, 0.717) is 18.9 Å². The SMILES string of the molecule is COCCCc1noc(C(C)O)n1. The maximum absolute atomic E-state index is 9.09. The van der Waals surface area contributed by atoms with Gasteiger partial charge in [-0.3, -0.25) is 0 Å². The Labute approximate surface area is 76.7 Å². The lowest BCUT2D eigenvalue weighted by molar-refractivity contribution is 0.151. The second kappa shape index (κ2) is 4.94. The Kier molecular flexibility index (Phi) is 3.85. The van der Waals surface area contributed by atoms with Crippen LogP contribution in [-0.2, 0) is 11.2 Å². The lowest BCUT2D eigenvalue weighted by atomic mass is 10.3. The molecule has 0 amide bonds. The van der Waals surface area contributed by atoms with Gasteiger partial charge in [0.2, 0.25) is 0 Å². The van der Waals surface area contributed by atoms with Gasteiger partial charge < -0.3 is 14.4 Å². The minimum atomic E-state index is -0.691. The van der Waals surface area contributed by atoms with Crippen molar-refractivity contribution in [3.8, 4) is 0 Å². The van der Waals surface area contributed by atoms with Gasteiger partial charge in [0, 0.05) is 20.1 Å². The Bertz CT molecular complexity index is 247. The number of aliphatic hydroxyl groups is 1. The predicted molar refractivity (Wildman–Crippen MR) is 45.1 cm³/mol. The third-order valence-electron chi connectivity index (χ3n) is 1.59. The van der Waals surface area contributed by atoms with Gasteiger partial charge in [-0.25, -0.2) is 0 Å². The monoisotopic (exact) mass is 186 g/mol. The smallest absolute Gasteiger partial charge is 0.255 e. The van der Waals surface area contributed by atoms with Crippen molar-refractivity contribution in [1.82, 2.24) is 10.1 Å². The van der Waals surface area contributed by atoms with E-state index in [4.69, 9.17) is 14.4 Å². The molecule has 1 aromatic rings. The van der Waals surface area contributed by atoms with Crippen LogP contribution in [0.4, 0.5) is 0 Å². The van der Waals surface area contributed by atoms with Crippen molar-refractivity contribution < 1.29 is 14.4 Å². The molecule has 0 aliphatic rings. The topological polar surface area (TPSA) is 68.4 Å². The van der Waals surface area contributed by atoms with Gasteiger partial charge >= 0.3 is 0 Å². The maximum Gasteiger partial charge on any atom is 0.255 e. The summed E-state index contributed by atoms with van der Waals surface area (Å²) in [5.41, 5.74) is 0. The average molecular weight is 186 g/mol. The van der Waals surface area contributed by atoms with Gasteiger partial charge in [0.25, 0.3) is 5.89 Å². The van der Waals surface area contributed by atoms with Crippen LogP contribution in [0.3, 0.4) is 0 Å². The van der Waals surface area contributed by atoms with Crippen LogP contribution in [0.1, 0.15) is 31.2 Å². The molecule has 0 aliphatic heterocycles. The van der Waals surface area contributed by atoms with E-state index in [1.165, 1.54) is 0 Å². The summed E-state index contributed by atoms with van der Waals surface area (Å²) in [6, 6.07) is 0. The van der Waals surface area contributed by atoms with Gasteiger partial charge in [0.05, 0.1) is 0 Å². The van der Waals surface area contributed by atoms with Gasteiger partial charge in [0.1, 0.15) is 6.10 Å². The zero-order chi connectivity index (χ0) is 9.68. The third kappa shape index (κ3) is 3.12. The number of aliphatic hydroxyl groups excluding tert-OH is 1. The maximum atomic E-state index is 9.09. The van der Waals surface area contributed by atoms with E-state index < -0.39 is 6.10 Å². The molecular weight excluding hydrogens is 172 g/mol. The Hall–Kier alpha value is -0.940. The van der Waals surface area contributed by atoms with E-state index >= 15 is 0 Å². The highest BCUT2D eigenvalue weighted by Crippen LogP contribution is 2.08. The number of aromatic nitrogens is 2. The molecule has 0 fully saturated rings. The van der Waals surface area contributed by atoms with Crippen LogP contribution in [0.5, 0.6) is 0 Å². The van der Waals surface area contributed by atoms with Crippen LogP contribution in [0.2, 0.25) is 0 Å². The molecule has 13 heavy (non-hydrogen) atoms. The van der Waals surface area contributed by atoms with Crippen LogP contribution >= 0.6 is 0 Å². The number of methoxy groups -OCH3 is 1. The molecule has 0 spiro atoms. The number of hydrogen-bond acceptors (Lipinski definition) is 5. The van der Waals surface area contributed by atoms with E-state index in [1.807, 2.05) is 0 Å². The van der Waals surface area contributed by atoms with E-state index in [9.17, 15) is 0 Å². The van der Waals surface area contributed by atoms with Crippen molar-refractivity contribution in [2.75, 3.05) is 13.7 Å². The highest BCUT2D eigenvalue weighted by Gasteiger charge is 2.10. The number of ether oxygens (including phenoxy) is 1. The summed E-state index contributed by atoms with van der Waals surface area (Å²) >= 11 is 0. The predicted octanol–water partition coefficient (Wildman–Crippen LogP) is 0.702. The lowest BCUT2D eigenvalue weighted by Crippen LogP contribution is -1.95. The number of rotatable bonds is 5. The molecule has 1 unspecified atom stereocenters. The molecule has 1 rings (SSSR count). The van der Waals surface area contributed by atoms with Crippen LogP contribution in [0.25, 0.3) is 0 Å². The molecule has 0 radical (unpaired) electrons. The molecule has 0 bridgehead atoms. The van der Waals surface area contributed by atoms with Crippen LogP contribution < -0.4 is 0 Å². The molecule has 5 nitrogen and oxygen atoms in total. The molecule has 0 saturated carbocycles. The first-order valence-electron chi connectivity index (χ1n) is 4.23. The normalized spacial score (nSPS) is 13.2. The summed E-state index contributed by atoms with van der Waals surface area (Å²) in [7, 11) is 1.65. The zero-order valence-corrected chi connectivity index (χ0v) is 7.86. The fourth-order valence-corrected chi connectivity index (χ4v) is 0.913. The van der Waals surface area contributed by atoms with Crippen LogP contribution in [0.15, 0.2) is 4.52 Å². The summed E-state index contributed by atoms with van der Waals surface area (Å²) in [5, 5.41) is 12.8. The molecule has 1 atom stereocenters. The van der Waals surface area contributed by atoms with Gasteiger partial charge in [-0.2, -0.15) is 4.98 Å².